The van der Waals surface area contributed by atoms with Crippen LogP contribution in [0.3, 0.4) is 0 Å². The topological polar surface area (TPSA) is 0 Å². The van der Waals surface area contributed by atoms with E-state index in [-0.39, 0.29) is 0 Å². The van der Waals surface area contributed by atoms with Crippen LogP contribution in [0.1, 0.15) is 66.7 Å². The van der Waals surface area contributed by atoms with Gasteiger partial charge in [-0.15, -0.1) is 0 Å². The van der Waals surface area contributed by atoms with Crippen LogP contribution in [0.5, 0.6) is 0 Å². The Kier molecular flexibility index (Phi) is 6.15. The Morgan fingerprint density at radius 2 is 1.79 bits per heavy atom. The highest BCUT2D eigenvalue weighted by molar-refractivity contribution is 5.01. The molecule has 0 nitrogen and oxygen atoms in total. The van der Waals surface area contributed by atoms with Gasteiger partial charge in [-0.25, -0.2) is 0 Å². The van der Waals surface area contributed by atoms with Crippen LogP contribution in [0, 0.1) is 11.3 Å². The summed E-state index contributed by atoms with van der Waals surface area (Å²) < 4.78 is 0. The lowest BCUT2D eigenvalue weighted by Gasteiger charge is -2.23. The van der Waals surface area contributed by atoms with Gasteiger partial charge in [-0.3, -0.25) is 0 Å². The summed E-state index contributed by atoms with van der Waals surface area (Å²) in [5, 5.41) is 0. The van der Waals surface area contributed by atoms with E-state index in [1.54, 1.807) is 0 Å². The molecule has 1 unspecified atom stereocenters. The molecule has 0 rings (SSSR count). The van der Waals surface area contributed by atoms with Crippen molar-refractivity contribution in [3.8, 4) is 0 Å². The summed E-state index contributed by atoms with van der Waals surface area (Å²) in [6, 6.07) is 0. The van der Waals surface area contributed by atoms with E-state index in [0.717, 1.165) is 0 Å². The van der Waals surface area contributed by atoms with E-state index >= 15 is 0 Å². The van der Waals surface area contributed by atoms with Crippen molar-refractivity contribution in [2.75, 3.05) is 0 Å². The van der Waals surface area contributed by atoms with Crippen molar-refractivity contribution in [1.82, 2.24) is 0 Å². The highest BCUT2D eigenvalue weighted by Gasteiger charge is 2.15. The minimum atomic E-state index is 0.399. The normalized spacial score (nSPS) is 14.1. The third-order valence-corrected chi connectivity index (χ3v) is 2.70. The highest BCUT2D eigenvalue weighted by atomic mass is 14.2. The maximum absolute atomic E-state index is 4.22. The molecule has 14 heavy (non-hydrogen) atoms. The lowest BCUT2D eigenvalue weighted by atomic mass is 9.82. The zero-order chi connectivity index (χ0) is 11.2. The van der Waals surface area contributed by atoms with E-state index in [2.05, 4.69) is 41.2 Å². The second-order valence-electron chi connectivity index (χ2n) is 5.79. The fraction of sp³-hybridized carbons (Fsp3) is 0.857. The van der Waals surface area contributed by atoms with Gasteiger partial charge >= 0.3 is 0 Å². The van der Waals surface area contributed by atoms with E-state index in [1.165, 1.54) is 37.7 Å². The Morgan fingerprint density at radius 3 is 2.21 bits per heavy atom. The van der Waals surface area contributed by atoms with Gasteiger partial charge in [0.15, 0.2) is 0 Å². The third kappa shape index (κ3) is 7.17. The first kappa shape index (κ1) is 13.7. The molecular weight excluding hydrogens is 168 g/mol. The molecule has 0 aliphatic heterocycles. The average molecular weight is 196 g/mol. The minimum absolute atomic E-state index is 0.399. The Morgan fingerprint density at radius 1 is 1.21 bits per heavy atom. The molecule has 0 fully saturated rings. The molecule has 0 aromatic heterocycles. The summed E-state index contributed by atoms with van der Waals surface area (Å²) in [6.07, 6.45) is 6.54. The van der Waals surface area contributed by atoms with E-state index in [4.69, 9.17) is 0 Å². The van der Waals surface area contributed by atoms with Crippen LogP contribution in [0.25, 0.3) is 0 Å². The molecule has 0 aromatic carbocycles. The SMILES string of the molecule is C=C(CC(C)(C)C)C(C)CCCCC. The Bertz CT molecular complexity index is 159. The number of hydrogen-bond acceptors (Lipinski definition) is 0. The van der Waals surface area contributed by atoms with Gasteiger partial charge in [0, 0.05) is 0 Å². The van der Waals surface area contributed by atoms with Gasteiger partial charge in [0.1, 0.15) is 0 Å². The molecule has 0 saturated heterocycles. The van der Waals surface area contributed by atoms with Crippen LogP contribution < -0.4 is 0 Å². The quantitative estimate of drug-likeness (QED) is 0.405. The molecule has 0 spiro atoms. The predicted octanol–water partition coefficient (Wildman–Crippen LogP) is 5.20. The first-order valence-corrected chi connectivity index (χ1v) is 6.04. The molecule has 0 aromatic rings. The fourth-order valence-electron chi connectivity index (χ4n) is 1.76. The van der Waals surface area contributed by atoms with Gasteiger partial charge in [0.05, 0.1) is 0 Å². The standard InChI is InChI=1S/C14H28/c1-7-8-9-10-12(2)13(3)11-14(4,5)6/h12H,3,7-11H2,1-2,4-6H3. The Labute approximate surface area is 90.8 Å². The first-order valence-electron chi connectivity index (χ1n) is 6.04. The van der Waals surface area contributed by atoms with Crippen molar-refractivity contribution in [3.63, 3.8) is 0 Å². The van der Waals surface area contributed by atoms with Crippen LogP contribution in [0.2, 0.25) is 0 Å². The van der Waals surface area contributed by atoms with E-state index in [1.807, 2.05) is 0 Å². The van der Waals surface area contributed by atoms with Gasteiger partial charge in [0.25, 0.3) is 0 Å². The second-order valence-corrected chi connectivity index (χ2v) is 5.79. The molecule has 0 amide bonds. The average Bonchev–Trinajstić information content (AvgIpc) is 2.01. The smallest absolute Gasteiger partial charge is 0.0234 e. The minimum Gasteiger partial charge on any atom is -0.0996 e. The third-order valence-electron chi connectivity index (χ3n) is 2.70. The highest BCUT2D eigenvalue weighted by Crippen LogP contribution is 2.29. The summed E-state index contributed by atoms with van der Waals surface area (Å²) in [4.78, 5) is 0. The van der Waals surface area contributed by atoms with Gasteiger partial charge in [-0.05, 0) is 24.2 Å². The first-order chi connectivity index (χ1) is 6.37. The Balaban J connectivity index is 3.77. The van der Waals surface area contributed by atoms with E-state index in [9.17, 15) is 0 Å². The lowest BCUT2D eigenvalue weighted by molar-refractivity contribution is 0.384. The molecule has 0 heteroatoms. The number of unbranched alkanes of at least 4 members (excludes halogenated alkanes) is 2. The van der Waals surface area contributed by atoms with Crippen molar-refractivity contribution in [3.05, 3.63) is 12.2 Å². The van der Waals surface area contributed by atoms with Crippen LogP contribution in [0.15, 0.2) is 12.2 Å². The van der Waals surface area contributed by atoms with Crippen molar-refractivity contribution >= 4 is 0 Å². The summed E-state index contributed by atoms with van der Waals surface area (Å²) in [5.41, 5.74) is 1.84. The predicted molar refractivity (Wildman–Crippen MR) is 66.5 cm³/mol. The van der Waals surface area contributed by atoms with Crippen LogP contribution in [-0.2, 0) is 0 Å². The summed E-state index contributed by atoms with van der Waals surface area (Å²) in [7, 11) is 0. The molecule has 0 bridgehead atoms. The summed E-state index contributed by atoms with van der Waals surface area (Å²) in [5.74, 6) is 0.709. The molecular formula is C14H28. The van der Waals surface area contributed by atoms with E-state index in [0.29, 0.717) is 11.3 Å². The number of hydrogen-bond donors (Lipinski definition) is 0. The molecule has 0 N–H and O–H groups in total. The molecule has 0 aliphatic carbocycles. The van der Waals surface area contributed by atoms with Crippen molar-refractivity contribution in [1.29, 1.82) is 0 Å². The zero-order valence-electron chi connectivity index (χ0n) is 10.8. The molecule has 84 valence electrons. The Hall–Kier alpha value is -0.260. The van der Waals surface area contributed by atoms with Gasteiger partial charge < -0.3 is 0 Å². The van der Waals surface area contributed by atoms with Crippen LogP contribution >= 0.6 is 0 Å². The summed E-state index contributed by atoms with van der Waals surface area (Å²) in [6.45, 7) is 15.7. The molecule has 1 atom stereocenters. The van der Waals surface area contributed by atoms with Gasteiger partial charge in [0.2, 0.25) is 0 Å². The van der Waals surface area contributed by atoms with Crippen molar-refractivity contribution < 1.29 is 0 Å². The monoisotopic (exact) mass is 196 g/mol. The van der Waals surface area contributed by atoms with Crippen LogP contribution in [-0.4, -0.2) is 0 Å². The number of allylic oxidation sites excluding steroid dienone is 1. The zero-order valence-corrected chi connectivity index (χ0v) is 10.8. The molecule has 0 heterocycles. The molecule has 0 radical (unpaired) electrons. The van der Waals surface area contributed by atoms with Gasteiger partial charge in [-0.2, -0.15) is 0 Å². The second kappa shape index (κ2) is 6.27. The molecule has 0 aliphatic rings. The molecule has 0 saturated carbocycles. The maximum Gasteiger partial charge on any atom is -0.0234 e. The fourth-order valence-corrected chi connectivity index (χ4v) is 1.76. The lowest BCUT2D eigenvalue weighted by Crippen LogP contribution is -2.10. The van der Waals surface area contributed by atoms with Crippen molar-refractivity contribution in [2.45, 2.75) is 66.7 Å². The van der Waals surface area contributed by atoms with Gasteiger partial charge in [-0.1, -0.05) is 66.0 Å². The number of rotatable bonds is 6. The van der Waals surface area contributed by atoms with Crippen molar-refractivity contribution in [2.24, 2.45) is 11.3 Å². The van der Waals surface area contributed by atoms with Crippen LogP contribution in [0.4, 0.5) is 0 Å². The largest absolute Gasteiger partial charge is 0.0996 e. The van der Waals surface area contributed by atoms with E-state index < -0.39 is 0 Å². The summed E-state index contributed by atoms with van der Waals surface area (Å²) >= 11 is 0. The maximum atomic E-state index is 4.22.